The van der Waals surface area contributed by atoms with Gasteiger partial charge in [0.15, 0.2) is 0 Å². The molecule has 1 rings (SSSR count). The lowest BCUT2D eigenvalue weighted by Crippen LogP contribution is -2.22. The van der Waals surface area contributed by atoms with E-state index < -0.39 is 0 Å². The first-order valence-corrected chi connectivity index (χ1v) is 6.47. The number of hydrogen-bond acceptors (Lipinski definition) is 2. The molecule has 0 unspecified atom stereocenters. The maximum atomic E-state index is 5.58. The molecule has 1 fully saturated rings. The van der Waals surface area contributed by atoms with Crippen LogP contribution in [0.4, 0.5) is 0 Å². The number of unbranched alkanes of at least 4 members (excludes halogenated alkanes) is 2. The van der Waals surface area contributed by atoms with Gasteiger partial charge in [0, 0.05) is 7.11 Å². The van der Waals surface area contributed by atoms with Crippen molar-refractivity contribution in [3.63, 3.8) is 0 Å². The van der Waals surface area contributed by atoms with Crippen molar-refractivity contribution >= 4 is 0 Å². The highest BCUT2D eigenvalue weighted by atomic mass is 16.7. The Morgan fingerprint density at radius 3 is 2.40 bits per heavy atom. The quantitative estimate of drug-likeness (QED) is 0.475. The van der Waals surface area contributed by atoms with E-state index >= 15 is 0 Å². The molecule has 1 aliphatic rings. The molecule has 15 heavy (non-hydrogen) atoms. The average Bonchev–Trinajstić information content (AvgIpc) is 2.28. The third kappa shape index (κ3) is 5.53. The lowest BCUT2D eigenvalue weighted by molar-refractivity contribution is -0.0860. The standard InChI is InChI=1S/C13H26O2/c1-3-4-5-6-12-7-9-13(10-8-12)15-11-14-2/h12-13H,3-11H2,1-2H3. The molecular formula is C13H26O2. The number of hydrogen-bond donors (Lipinski definition) is 0. The van der Waals surface area contributed by atoms with E-state index in [4.69, 9.17) is 9.47 Å². The topological polar surface area (TPSA) is 18.5 Å². The van der Waals surface area contributed by atoms with Crippen molar-refractivity contribution in [3.8, 4) is 0 Å². The van der Waals surface area contributed by atoms with E-state index in [1.165, 1.54) is 51.4 Å². The van der Waals surface area contributed by atoms with E-state index in [2.05, 4.69) is 6.92 Å². The molecule has 1 saturated carbocycles. The van der Waals surface area contributed by atoms with Crippen LogP contribution in [0.25, 0.3) is 0 Å². The molecule has 0 N–H and O–H groups in total. The van der Waals surface area contributed by atoms with E-state index in [0.717, 1.165) is 5.92 Å². The first-order valence-electron chi connectivity index (χ1n) is 6.47. The van der Waals surface area contributed by atoms with E-state index in [1.54, 1.807) is 7.11 Å². The summed E-state index contributed by atoms with van der Waals surface area (Å²) in [5, 5.41) is 0. The minimum atomic E-state index is 0.463. The monoisotopic (exact) mass is 214 g/mol. The van der Waals surface area contributed by atoms with Crippen molar-refractivity contribution in [3.05, 3.63) is 0 Å². The second-order valence-corrected chi connectivity index (χ2v) is 4.71. The van der Waals surface area contributed by atoms with E-state index in [1.807, 2.05) is 0 Å². The lowest BCUT2D eigenvalue weighted by Gasteiger charge is -2.28. The minimum absolute atomic E-state index is 0.463. The molecule has 0 spiro atoms. The van der Waals surface area contributed by atoms with Gasteiger partial charge < -0.3 is 9.47 Å². The van der Waals surface area contributed by atoms with Gasteiger partial charge in [-0.3, -0.25) is 0 Å². The lowest BCUT2D eigenvalue weighted by atomic mass is 9.84. The summed E-state index contributed by atoms with van der Waals surface area (Å²) in [6, 6.07) is 0. The fraction of sp³-hybridized carbons (Fsp3) is 1.00. The normalized spacial score (nSPS) is 26.8. The van der Waals surface area contributed by atoms with E-state index in [0.29, 0.717) is 12.9 Å². The summed E-state index contributed by atoms with van der Waals surface area (Å²) < 4.78 is 10.5. The van der Waals surface area contributed by atoms with Crippen molar-refractivity contribution in [2.24, 2.45) is 5.92 Å². The largest absolute Gasteiger partial charge is 0.359 e. The van der Waals surface area contributed by atoms with Crippen molar-refractivity contribution in [2.45, 2.75) is 64.4 Å². The van der Waals surface area contributed by atoms with Crippen molar-refractivity contribution in [2.75, 3.05) is 13.9 Å². The molecule has 0 aromatic rings. The summed E-state index contributed by atoms with van der Waals surface area (Å²) in [5.74, 6) is 0.971. The Labute approximate surface area is 94.3 Å². The summed E-state index contributed by atoms with van der Waals surface area (Å²) in [4.78, 5) is 0. The van der Waals surface area contributed by atoms with Gasteiger partial charge in [-0.25, -0.2) is 0 Å². The molecule has 0 radical (unpaired) electrons. The number of rotatable bonds is 7. The van der Waals surface area contributed by atoms with Gasteiger partial charge >= 0.3 is 0 Å². The van der Waals surface area contributed by atoms with Crippen LogP contribution in [-0.4, -0.2) is 20.0 Å². The maximum Gasteiger partial charge on any atom is 0.146 e. The van der Waals surface area contributed by atoms with Gasteiger partial charge in [0.2, 0.25) is 0 Å². The molecule has 0 amide bonds. The van der Waals surface area contributed by atoms with Crippen LogP contribution in [0.5, 0.6) is 0 Å². The van der Waals surface area contributed by atoms with Crippen LogP contribution in [0, 0.1) is 5.92 Å². The van der Waals surface area contributed by atoms with Crippen molar-refractivity contribution < 1.29 is 9.47 Å². The van der Waals surface area contributed by atoms with Gasteiger partial charge in [-0.15, -0.1) is 0 Å². The highest BCUT2D eigenvalue weighted by molar-refractivity contribution is 4.72. The van der Waals surface area contributed by atoms with Gasteiger partial charge in [0.1, 0.15) is 6.79 Å². The van der Waals surface area contributed by atoms with Gasteiger partial charge in [-0.05, 0) is 31.6 Å². The molecule has 2 heteroatoms. The van der Waals surface area contributed by atoms with Crippen LogP contribution in [0.2, 0.25) is 0 Å². The molecule has 90 valence electrons. The minimum Gasteiger partial charge on any atom is -0.359 e. The second kappa shape index (κ2) is 8.12. The Morgan fingerprint density at radius 1 is 1.07 bits per heavy atom. The second-order valence-electron chi connectivity index (χ2n) is 4.71. The Kier molecular flexibility index (Phi) is 7.03. The highest BCUT2D eigenvalue weighted by Crippen LogP contribution is 2.29. The highest BCUT2D eigenvalue weighted by Gasteiger charge is 2.20. The summed E-state index contributed by atoms with van der Waals surface area (Å²) in [6.07, 6.45) is 11.3. The van der Waals surface area contributed by atoms with Crippen molar-refractivity contribution in [1.82, 2.24) is 0 Å². The van der Waals surface area contributed by atoms with Gasteiger partial charge in [0.25, 0.3) is 0 Å². The molecule has 2 nitrogen and oxygen atoms in total. The van der Waals surface area contributed by atoms with E-state index in [9.17, 15) is 0 Å². The molecule has 0 atom stereocenters. The van der Waals surface area contributed by atoms with Crippen LogP contribution in [0.15, 0.2) is 0 Å². The molecule has 0 aromatic carbocycles. The molecule has 1 aliphatic carbocycles. The van der Waals surface area contributed by atoms with Gasteiger partial charge in [-0.1, -0.05) is 32.6 Å². The number of ether oxygens (including phenoxy) is 2. The van der Waals surface area contributed by atoms with E-state index in [-0.39, 0.29) is 0 Å². The first-order chi connectivity index (χ1) is 7.36. The van der Waals surface area contributed by atoms with Crippen LogP contribution >= 0.6 is 0 Å². The predicted molar refractivity (Wildman–Crippen MR) is 62.8 cm³/mol. The number of methoxy groups -OCH3 is 1. The Morgan fingerprint density at radius 2 is 1.80 bits per heavy atom. The van der Waals surface area contributed by atoms with Crippen LogP contribution in [0.3, 0.4) is 0 Å². The molecule has 0 aliphatic heterocycles. The maximum absolute atomic E-state index is 5.58. The van der Waals surface area contributed by atoms with Crippen LogP contribution in [-0.2, 0) is 9.47 Å². The summed E-state index contributed by atoms with van der Waals surface area (Å²) in [7, 11) is 1.69. The molecule has 0 heterocycles. The first kappa shape index (κ1) is 13.0. The third-order valence-corrected chi connectivity index (χ3v) is 3.43. The van der Waals surface area contributed by atoms with Crippen LogP contribution < -0.4 is 0 Å². The Balaban J connectivity index is 2.02. The Bertz CT molecular complexity index is 139. The average molecular weight is 214 g/mol. The molecular weight excluding hydrogens is 188 g/mol. The SMILES string of the molecule is CCCCCC1CCC(OCOC)CC1. The summed E-state index contributed by atoms with van der Waals surface area (Å²) in [5.41, 5.74) is 0. The van der Waals surface area contributed by atoms with Gasteiger partial charge in [-0.2, -0.15) is 0 Å². The third-order valence-electron chi connectivity index (χ3n) is 3.43. The molecule has 0 aromatic heterocycles. The molecule has 0 bridgehead atoms. The predicted octanol–water partition coefficient (Wildman–Crippen LogP) is 3.75. The van der Waals surface area contributed by atoms with Gasteiger partial charge in [0.05, 0.1) is 6.10 Å². The van der Waals surface area contributed by atoms with Crippen molar-refractivity contribution in [1.29, 1.82) is 0 Å². The fourth-order valence-electron chi connectivity index (χ4n) is 2.43. The Hall–Kier alpha value is -0.0800. The smallest absolute Gasteiger partial charge is 0.146 e. The zero-order chi connectivity index (χ0) is 10.9. The zero-order valence-corrected chi connectivity index (χ0v) is 10.3. The van der Waals surface area contributed by atoms with Crippen LogP contribution in [0.1, 0.15) is 58.3 Å². The summed E-state index contributed by atoms with van der Waals surface area (Å²) >= 11 is 0. The summed E-state index contributed by atoms with van der Waals surface area (Å²) in [6.45, 7) is 2.74. The zero-order valence-electron chi connectivity index (χ0n) is 10.3. The molecule has 0 saturated heterocycles. The fourth-order valence-corrected chi connectivity index (χ4v) is 2.43.